The highest BCUT2D eigenvalue weighted by Crippen LogP contribution is 2.37. The highest BCUT2D eigenvalue weighted by atomic mass is 32.2. The van der Waals surface area contributed by atoms with Crippen LogP contribution in [0.25, 0.3) is 0 Å². The Morgan fingerprint density at radius 3 is 2.46 bits per heavy atom. The van der Waals surface area contributed by atoms with Gasteiger partial charge in [0.1, 0.15) is 0 Å². The minimum Gasteiger partial charge on any atom is -0.376 e. The summed E-state index contributed by atoms with van der Waals surface area (Å²) in [5.41, 5.74) is -5.33. The molecule has 2 heterocycles. The molecular formula is C18H23F3N2O4S. The lowest BCUT2D eigenvalue weighted by molar-refractivity contribution is -0.126. The number of ether oxygens (including phenoxy) is 1. The van der Waals surface area contributed by atoms with Crippen molar-refractivity contribution in [3.8, 4) is 0 Å². The number of hydrogen-bond donors (Lipinski definition) is 1. The number of nitrogens with zero attached hydrogens (tertiary/aromatic N) is 1. The van der Waals surface area contributed by atoms with E-state index in [-0.39, 0.29) is 23.6 Å². The zero-order chi connectivity index (χ0) is 20.4. The van der Waals surface area contributed by atoms with Gasteiger partial charge in [0.15, 0.2) is 0 Å². The van der Waals surface area contributed by atoms with E-state index in [1.165, 1.54) is 18.2 Å². The molecule has 156 valence electrons. The van der Waals surface area contributed by atoms with E-state index in [0.29, 0.717) is 39.1 Å². The third-order valence-electron chi connectivity index (χ3n) is 5.19. The van der Waals surface area contributed by atoms with Gasteiger partial charge in [-0.25, -0.2) is 8.42 Å². The van der Waals surface area contributed by atoms with Crippen molar-refractivity contribution in [3.63, 3.8) is 0 Å². The van der Waals surface area contributed by atoms with Crippen LogP contribution in [-0.4, -0.2) is 52.2 Å². The van der Waals surface area contributed by atoms with E-state index < -0.39 is 20.2 Å². The molecule has 1 aromatic carbocycles. The molecule has 1 atom stereocenters. The summed E-state index contributed by atoms with van der Waals surface area (Å²) >= 11 is 0. The normalized spacial score (nSPS) is 21.7. The van der Waals surface area contributed by atoms with Crippen molar-refractivity contribution in [2.24, 2.45) is 5.92 Å². The second kappa shape index (κ2) is 8.28. The molecule has 0 radical (unpaired) electrons. The van der Waals surface area contributed by atoms with Crippen LogP contribution in [0.2, 0.25) is 0 Å². The number of hydrogen-bond acceptors (Lipinski definition) is 5. The number of carbonyl (C=O) groups excluding carboxylic acids is 1. The Morgan fingerprint density at radius 1 is 1.18 bits per heavy atom. The first-order valence-electron chi connectivity index (χ1n) is 9.25. The Morgan fingerprint density at radius 2 is 1.86 bits per heavy atom. The van der Waals surface area contributed by atoms with Gasteiger partial charge in [-0.05, 0) is 37.8 Å². The highest BCUT2D eigenvalue weighted by molar-refractivity contribution is 7.92. The number of piperidine rings is 1. The van der Waals surface area contributed by atoms with Gasteiger partial charge < -0.3 is 15.0 Å². The van der Waals surface area contributed by atoms with Gasteiger partial charge in [-0.1, -0.05) is 12.1 Å². The van der Waals surface area contributed by atoms with Gasteiger partial charge >= 0.3 is 5.51 Å². The van der Waals surface area contributed by atoms with Crippen molar-refractivity contribution in [2.45, 2.75) is 42.2 Å². The molecule has 1 aromatic rings. The van der Waals surface area contributed by atoms with Crippen molar-refractivity contribution >= 4 is 21.4 Å². The van der Waals surface area contributed by atoms with Gasteiger partial charge in [0.2, 0.25) is 5.91 Å². The molecular weight excluding hydrogens is 397 g/mol. The Hall–Kier alpha value is -1.81. The molecule has 0 bridgehead atoms. The van der Waals surface area contributed by atoms with Crippen LogP contribution >= 0.6 is 0 Å². The molecule has 2 saturated heterocycles. The molecule has 2 aliphatic rings. The number of anilines is 1. The first-order chi connectivity index (χ1) is 13.2. The smallest absolute Gasteiger partial charge is 0.376 e. The van der Waals surface area contributed by atoms with E-state index in [1.54, 1.807) is 4.90 Å². The zero-order valence-corrected chi connectivity index (χ0v) is 16.1. The van der Waals surface area contributed by atoms with E-state index in [9.17, 15) is 26.4 Å². The fraction of sp³-hybridized carbons (Fsp3) is 0.611. The molecule has 0 spiro atoms. The first kappa shape index (κ1) is 20.9. The Kier molecular flexibility index (Phi) is 6.18. The summed E-state index contributed by atoms with van der Waals surface area (Å²) in [5.74, 6) is -0.338. The van der Waals surface area contributed by atoms with Crippen LogP contribution in [0.5, 0.6) is 0 Å². The van der Waals surface area contributed by atoms with E-state index in [0.717, 1.165) is 18.9 Å². The summed E-state index contributed by atoms with van der Waals surface area (Å²) in [7, 11) is -5.44. The second-order valence-electron chi connectivity index (χ2n) is 7.06. The minimum atomic E-state index is -5.44. The summed E-state index contributed by atoms with van der Waals surface area (Å²) in [4.78, 5) is 13.2. The van der Waals surface area contributed by atoms with Crippen LogP contribution in [-0.2, 0) is 19.4 Å². The number of alkyl halides is 3. The maximum atomic E-state index is 13.0. The molecule has 6 nitrogen and oxygen atoms in total. The largest absolute Gasteiger partial charge is 0.501 e. The molecule has 28 heavy (non-hydrogen) atoms. The monoisotopic (exact) mass is 420 g/mol. The van der Waals surface area contributed by atoms with Gasteiger partial charge in [-0.3, -0.25) is 4.79 Å². The van der Waals surface area contributed by atoms with Crippen LogP contribution in [0.1, 0.15) is 25.7 Å². The number of amides is 1. The SMILES string of the molecule is O=C(NCC1CCCO1)C1CCN(c2ccccc2S(=O)(=O)C(F)(F)F)CC1. The number of halogens is 3. The molecule has 0 aromatic heterocycles. The number of sulfone groups is 1. The molecule has 1 unspecified atom stereocenters. The van der Waals surface area contributed by atoms with Crippen LogP contribution in [0.3, 0.4) is 0 Å². The fourth-order valence-corrected chi connectivity index (χ4v) is 4.60. The van der Waals surface area contributed by atoms with Gasteiger partial charge in [-0.2, -0.15) is 13.2 Å². The highest BCUT2D eigenvalue weighted by Gasteiger charge is 2.48. The van der Waals surface area contributed by atoms with Crippen molar-refractivity contribution < 1.29 is 31.1 Å². The quantitative estimate of drug-likeness (QED) is 0.792. The van der Waals surface area contributed by atoms with Crippen LogP contribution in [0.4, 0.5) is 18.9 Å². The van der Waals surface area contributed by atoms with E-state index in [2.05, 4.69) is 5.32 Å². The van der Waals surface area contributed by atoms with Crippen molar-refractivity contribution in [1.82, 2.24) is 5.32 Å². The van der Waals surface area contributed by atoms with Gasteiger partial charge in [0, 0.05) is 32.2 Å². The number of para-hydroxylation sites is 1. The zero-order valence-electron chi connectivity index (χ0n) is 15.2. The second-order valence-corrected chi connectivity index (χ2v) is 8.97. The van der Waals surface area contributed by atoms with Crippen molar-refractivity contribution in [3.05, 3.63) is 24.3 Å². The van der Waals surface area contributed by atoms with E-state index in [4.69, 9.17) is 4.74 Å². The number of rotatable bonds is 5. The summed E-state index contributed by atoms with van der Waals surface area (Å²) in [6.07, 6.45) is 2.83. The van der Waals surface area contributed by atoms with Crippen LogP contribution < -0.4 is 10.2 Å². The van der Waals surface area contributed by atoms with Crippen LogP contribution in [0, 0.1) is 5.92 Å². The van der Waals surface area contributed by atoms with Crippen molar-refractivity contribution in [1.29, 1.82) is 0 Å². The molecule has 1 N–H and O–H groups in total. The third kappa shape index (κ3) is 4.43. The predicted octanol–water partition coefficient (Wildman–Crippen LogP) is 2.49. The standard InChI is InChI=1S/C18H23F3N2O4S/c19-18(20,21)28(25,26)16-6-2-1-5-15(16)23-9-7-13(8-10-23)17(24)22-12-14-4-3-11-27-14/h1-2,5-6,13-14H,3-4,7-12H2,(H,22,24). The summed E-state index contributed by atoms with van der Waals surface area (Å²) in [6.45, 7) is 1.79. The molecule has 2 fully saturated rings. The van der Waals surface area contributed by atoms with Gasteiger partial charge in [0.25, 0.3) is 9.84 Å². The maximum absolute atomic E-state index is 13.0. The summed E-state index contributed by atoms with van der Waals surface area (Å²) in [6, 6.07) is 5.12. The lowest BCUT2D eigenvalue weighted by atomic mass is 9.95. The van der Waals surface area contributed by atoms with Crippen molar-refractivity contribution in [2.75, 3.05) is 31.1 Å². The topological polar surface area (TPSA) is 75.7 Å². The number of carbonyl (C=O) groups is 1. The number of nitrogens with one attached hydrogen (secondary N) is 1. The Labute approximate surface area is 162 Å². The lowest BCUT2D eigenvalue weighted by Crippen LogP contribution is -2.42. The average molecular weight is 420 g/mol. The van der Waals surface area contributed by atoms with Gasteiger partial charge in [0.05, 0.1) is 16.7 Å². The molecule has 3 rings (SSSR count). The molecule has 0 saturated carbocycles. The Balaban J connectivity index is 1.63. The maximum Gasteiger partial charge on any atom is 0.501 e. The fourth-order valence-electron chi connectivity index (χ4n) is 3.62. The average Bonchev–Trinajstić information content (AvgIpc) is 3.19. The number of benzene rings is 1. The Bertz CT molecular complexity index is 799. The van der Waals surface area contributed by atoms with Crippen LogP contribution in [0.15, 0.2) is 29.2 Å². The molecule has 2 aliphatic heterocycles. The lowest BCUT2D eigenvalue weighted by Gasteiger charge is -2.34. The van der Waals surface area contributed by atoms with E-state index >= 15 is 0 Å². The first-order valence-corrected chi connectivity index (χ1v) is 10.7. The molecule has 10 heteroatoms. The molecule has 1 amide bonds. The summed E-state index contributed by atoms with van der Waals surface area (Å²) < 4.78 is 68.1. The minimum absolute atomic E-state index is 0.0260. The van der Waals surface area contributed by atoms with Gasteiger partial charge in [-0.15, -0.1) is 0 Å². The predicted molar refractivity (Wildman–Crippen MR) is 96.6 cm³/mol. The molecule has 0 aliphatic carbocycles. The third-order valence-corrected chi connectivity index (χ3v) is 6.73. The summed E-state index contributed by atoms with van der Waals surface area (Å²) in [5, 5.41) is 2.88. The van der Waals surface area contributed by atoms with E-state index in [1.807, 2.05) is 0 Å².